The van der Waals surface area contributed by atoms with Gasteiger partial charge in [0, 0.05) is 38.0 Å². The molecule has 1 rings (SSSR count). The first-order valence-electron chi connectivity index (χ1n) is 6.79. The third-order valence-corrected chi connectivity index (χ3v) is 3.45. The predicted octanol–water partition coefficient (Wildman–Crippen LogP) is 2.38. The first kappa shape index (κ1) is 16.2. The SMILES string of the molecule is CCN(CC)CCN(C)c1ccc([N+](=O)[O-])c(OC)c1. The van der Waals surface area contributed by atoms with Gasteiger partial charge >= 0.3 is 5.69 Å². The molecule has 0 fully saturated rings. The Morgan fingerprint density at radius 2 is 1.90 bits per heavy atom. The van der Waals surface area contributed by atoms with Crippen molar-refractivity contribution >= 4 is 11.4 Å². The van der Waals surface area contributed by atoms with Crippen molar-refractivity contribution in [2.24, 2.45) is 0 Å². The lowest BCUT2D eigenvalue weighted by atomic mass is 10.2. The van der Waals surface area contributed by atoms with Gasteiger partial charge in [-0.15, -0.1) is 0 Å². The standard InChI is InChI=1S/C14H23N3O3/c1-5-16(6-2)10-9-15(3)12-7-8-13(17(18)19)14(11-12)20-4/h7-8,11H,5-6,9-10H2,1-4H3. The first-order chi connectivity index (χ1) is 9.53. The van der Waals surface area contributed by atoms with Crippen LogP contribution >= 0.6 is 0 Å². The number of anilines is 1. The third-order valence-electron chi connectivity index (χ3n) is 3.45. The molecule has 0 aliphatic carbocycles. The summed E-state index contributed by atoms with van der Waals surface area (Å²) in [5, 5.41) is 10.9. The van der Waals surface area contributed by atoms with Crippen LogP contribution in [0.1, 0.15) is 13.8 Å². The second-order valence-electron chi connectivity index (χ2n) is 4.56. The number of likely N-dealkylation sites (N-methyl/N-ethyl adjacent to an activating group) is 2. The molecule has 0 bridgehead atoms. The number of nitrogens with zero attached hydrogens (tertiary/aromatic N) is 3. The van der Waals surface area contributed by atoms with Gasteiger partial charge in [-0.2, -0.15) is 0 Å². The zero-order chi connectivity index (χ0) is 15.1. The molecule has 0 radical (unpaired) electrons. The van der Waals surface area contributed by atoms with E-state index in [1.54, 1.807) is 12.1 Å². The van der Waals surface area contributed by atoms with Crippen LogP contribution in [0.5, 0.6) is 5.75 Å². The highest BCUT2D eigenvalue weighted by atomic mass is 16.6. The molecule has 0 atom stereocenters. The number of nitro benzene ring substituents is 1. The van der Waals surface area contributed by atoms with E-state index in [2.05, 4.69) is 23.6 Å². The van der Waals surface area contributed by atoms with Crippen molar-refractivity contribution in [2.75, 3.05) is 45.2 Å². The molecule has 112 valence electrons. The lowest BCUT2D eigenvalue weighted by molar-refractivity contribution is -0.385. The topological polar surface area (TPSA) is 58.9 Å². The average molecular weight is 281 g/mol. The molecule has 1 aromatic rings. The van der Waals surface area contributed by atoms with Crippen LogP contribution in [0.15, 0.2) is 18.2 Å². The number of ether oxygens (including phenoxy) is 1. The van der Waals surface area contributed by atoms with Gasteiger partial charge in [-0.25, -0.2) is 0 Å². The van der Waals surface area contributed by atoms with Crippen molar-refractivity contribution < 1.29 is 9.66 Å². The van der Waals surface area contributed by atoms with E-state index < -0.39 is 4.92 Å². The summed E-state index contributed by atoms with van der Waals surface area (Å²) >= 11 is 0. The number of benzene rings is 1. The van der Waals surface area contributed by atoms with Crippen LogP contribution in [0.2, 0.25) is 0 Å². The summed E-state index contributed by atoms with van der Waals surface area (Å²) in [6.07, 6.45) is 0. The Labute approximate surface area is 120 Å². The Bertz CT molecular complexity index is 447. The monoisotopic (exact) mass is 281 g/mol. The van der Waals surface area contributed by atoms with Gasteiger partial charge in [-0.05, 0) is 19.2 Å². The number of rotatable bonds is 8. The number of hydrogen-bond acceptors (Lipinski definition) is 5. The Balaban J connectivity index is 2.78. The number of methoxy groups -OCH3 is 1. The molecule has 6 heteroatoms. The van der Waals surface area contributed by atoms with Gasteiger partial charge in [0.15, 0.2) is 5.75 Å². The highest BCUT2D eigenvalue weighted by Gasteiger charge is 2.16. The van der Waals surface area contributed by atoms with Gasteiger partial charge in [-0.3, -0.25) is 10.1 Å². The minimum atomic E-state index is -0.432. The van der Waals surface area contributed by atoms with Gasteiger partial charge in [0.05, 0.1) is 12.0 Å². The molecule has 0 saturated carbocycles. The maximum absolute atomic E-state index is 10.9. The van der Waals surface area contributed by atoms with E-state index in [4.69, 9.17) is 4.74 Å². The maximum atomic E-state index is 10.9. The van der Waals surface area contributed by atoms with Gasteiger partial charge in [0.2, 0.25) is 0 Å². The van der Waals surface area contributed by atoms with E-state index in [0.717, 1.165) is 31.9 Å². The van der Waals surface area contributed by atoms with Crippen molar-refractivity contribution in [3.8, 4) is 5.75 Å². The maximum Gasteiger partial charge on any atom is 0.311 e. The fraction of sp³-hybridized carbons (Fsp3) is 0.571. The molecule has 0 aromatic heterocycles. The molecule has 1 aromatic carbocycles. The first-order valence-corrected chi connectivity index (χ1v) is 6.79. The van der Waals surface area contributed by atoms with Gasteiger partial charge in [0.25, 0.3) is 0 Å². The normalized spacial score (nSPS) is 10.7. The fourth-order valence-electron chi connectivity index (χ4n) is 2.01. The van der Waals surface area contributed by atoms with Gasteiger partial charge in [0.1, 0.15) is 0 Å². The van der Waals surface area contributed by atoms with E-state index >= 15 is 0 Å². The minimum absolute atomic E-state index is 0.00612. The lowest BCUT2D eigenvalue weighted by Gasteiger charge is -2.24. The van der Waals surface area contributed by atoms with Crippen LogP contribution in [0.25, 0.3) is 0 Å². The smallest absolute Gasteiger partial charge is 0.311 e. The quantitative estimate of drug-likeness (QED) is 0.541. The second-order valence-corrected chi connectivity index (χ2v) is 4.56. The van der Waals surface area contributed by atoms with Crippen LogP contribution in [-0.4, -0.2) is 50.2 Å². The van der Waals surface area contributed by atoms with Crippen LogP contribution in [-0.2, 0) is 0 Å². The molecule has 0 heterocycles. The molecule has 0 aliphatic heterocycles. The lowest BCUT2D eigenvalue weighted by Crippen LogP contribution is -2.33. The molecule has 0 saturated heterocycles. The molecule has 0 N–H and O–H groups in total. The van der Waals surface area contributed by atoms with Crippen molar-refractivity contribution in [1.29, 1.82) is 0 Å². The highest BCUT2D eigenvalue weighted by molar-refractivity contribution is 5.58. The highest BCUT2D eigenvalue weighted by Crippen LogP contribution is 2.30. The van der Waals surface area contributed by atoms with E-state index in [1.807, 2.05) is 7.05 Å². The summed E-state index contributed by atoms with van der Waals surface area (Å²) in [5.41, 5.74) is 0.910. The molecular weight excluding hydrogens is 258 g/mol. The van der Waals surface area contributed by atoms with Crippen LogP contribution in [0, 0.1) is 10.1 Å². The van der Waals surface area contributed by atoms with Crippen LogP contribution in [0.3, 0.4) is 0 Å². The van der Waals surface area contributed by atoms with Gasteiger partial charge < -0.3 is 14.5 Å². The average Bonchev–Trinajstić information content (AvgIpc) is 2.47. The summed E-state index contributed by atoms with van der Waals surface area (Å²) in [4.78, 5) is 14.8. The molecular formula is C14H23N3O3. The Morgan fingerprint density at radius 1 is 1.25 bits per heavy atom. The largest absolute Gasteiger partial charge is 0.490 e. The number of nitro groups is 1. The molecule has 0 aliphatic rings. The second kappa shape index (κ2) is 7.69. The van der Waals surface area contributed by atoms with E-state index in [-0.39, 0.29) is 5.69 Å². The zero-order valence-corrected chi connectivity index (χ0v) is 12.6. The van der Waals surface area contributed by atoms with Crippen LogP contribution < -0.4 is 9.64 Å². The summed E-state index contributed by atoms with van der Waals surface area (Å²) in [6, 6.07) is 4.95. The van der Waals surface area contributed by atoms with Gasteiger partial charge in [-0.1, -0.05) is 13.8 Å². The zero-order valence-electron chi connectivity index (χ0n) is 12.6. The van der Waals surface area contributed by atoms with Crippen LogP contribution in [0.4, 0.5) is 11.4 Å². The Hall–Kier alpha value is -1.82. The van der Waals surface area contributed by atoms with Crippen molar-refractivity contribution in [3.63, 3.8) is 0 Å². The molecule has 0 unspecified atom stereocenters. The van der Waals surface area contributed by atoms with Crippen molar-refractivity contribution in [1.82, 2.24) is 4.90 Å². The summed E-state index contributed by atoms with van der Waals surface area (Å²) in [5.74, 6) is 0.294. The molecule has 6 nitrogen and oxygen atoms in total. The van der Waals surface area contributed by atoms with Crippen molar-refractivity contribution in [3.05, 3.63) is 28.3 Å². The predicted molar refractivity (Wildman–Crippen MR) is 80.7 cm³/mol. The fourth-order valence-corrected chi connectivity index (χ4v) is 2.01. The Kier molecular flexibility index (Phi) is 6.24. The van der Waals surface area contributed by atoms with E-state index in [1.165, 1.54) is 13.2 Å². The summed E-state index contributed by atoms with van der Waals surface area (Å²) in [6.45, 7) is 8.14. The molecule has 0 amide bonds. The minimum Gasteiger partial charge on any atom is -0.490 e. The summed E-state index contributed by atoms with van der Waals surface area (Å²) < 4.78 is 5.09. The number of hydrogen-bond donors (Lipinski definition) is 0. The third kappa shape index (κ3) is 4.09. The van der Waals surface area contributed by atoms with Crippen molar-refractivity contribution in [2.45, 2.75) is 13.8 Å². The molecule has 0 spiro atoms. The summed E-state index contributed by atoms with van der Waals surface area (Å²) in [7, 11) is 3.42. The van der Waals surface area contributed by atoms with E-state index in [0.29, 0.717) is 5.75 Å². The Morgan fingerprint density at radius 3 is 2.40 bits per heavy atom. The molecule has 20 heavy (non-hydrogen) atoms. The van der Waals surface area contributed by atoms with E-state index in [9.17, 15) is 10.1 Å².